The van der Waals surface area contributed by atoms with Crippen molar-refractivity contribution in [3.05, 3.63) is 0 Å². The first-order chi connectivity index (χ1) is 10.5. The molecule has 0 radical (unpaired) electrons. The Bertz CT molecular complexity index is 344. The second-order valence-corrected chi connectivity index (χ2v) is 6.71. The molecular formula is C14H29AlN4O3. The first-order valence-corrected chi connectivity index (χ1v) is 9.80. The number of nitrogens with one attached hydrogen (secondary N) is 3. The van der Waals surface area contributed by atoms with Gasteiger partial charge in [0, 0.05) is 19.3 Å². The molecule has 0 saturated heterocycles. The van der Waals surface area contributed by atoms with Crippen LogP contribution >= 0.6 is 0 Å². The van der Waals surface area contributed by atoms with Crippen LogP contribution in [0, 0.1) is 0 Å². The maximum absolute atomic E-state index is 12.0. The SMILES string of the molecule is CCC(=O)[NH][Al]([NH]C(=O)CC)[NH]C(=O)CCCN(CC)CC. The maximum atomic E-state index is 12.0. The quantitative estimate of drug-likeness (QED) is 0.475. The summed E-state index contributed by atoms with van der Waals surface area (Å²) in [5.74, 6) is -0.468. The molecule has 0 aromatic rings. The smallest absolute Gasteiger partial charge is 0.409 e. The second kappa shape index (κ2) is 12.4. The highest BCUT2D eigenvalue weighted by molar-refractivity contribution is 6.59. The average Bonchev–Trinajstić information content (AvgIpc) is 2.51. The molecule has 0 aromatic carbocycles. The first-order valence-electron chi connectivity index (χ1n) is 8.07. The lowest BCUT2D eigenvalue weighted by Crippen LogP contribution is -2.62. The van der Waals surface area contributed by atoms with Crippen molar-refractivity contribution in [2.24, 2.45) is 0 Å². The van der Waals surface area contributed by atoms with E-state index in [9.17, 15) is 14.4 Å². The van der Waals surface area contributed by atoms with Crippen LogP contribution in [0.15, 0.2) is 0 Å². The summed E-state index contributed by atoms with van der Waals surface area (Å²) in [7, 11) is 0. The number of carbonyl (C=O) groups excluding carboxylic acids is 3. The van der Waals surface area contributed by atoms with E-state index in [0.717, 1.165) is 26.1 Å². The number of hydrogen-bond acceptors (Lipinski definition) is 4. The van der Waals surface area contributed by atoms with E-state index < -0.39 is 14.8 Å². The molecule has 0 aliphatic carbocycles. The molecule has 0 aliphatic rings. The molecule has 0 saturated carbocycles. The van der Waals surface area contributed by atoms with Crippen LogP contribution in [0.25, 0.3) is 0 Å². The van der Waals surface area contributed by atoms with Crippen LogP contribution in [-0.2, 0) is 14.4 Å². The van der Waals surface area contributed by atoms with Gasteiger partial charge in [-0.3, -0.25) is 14.4 Å². The summed E-state index contributed by atoms with van der Waals surface area (Å²) in [5, 5.41) is 0. The van der Waals surface area contributed by atoms with Gasteiger partial charge in [0.25, 0.3) is 0 Å². The fraction of sp³-hybridized carbons (Fsp3) is 0.786. The van der Waals surface area contributed by atoms with Crippen LogP contribution in [0.1, 0.15) is 53.4 Å². The second-order valence-electron chi connectivity index (χ2n) is 4.97. The van der Waals surface area contributed by atoms with Crippen molar-refractivity contribution in [3.63, 3.8) is 0 Å². The Morgan fingerprint density at radius 2 is 1.27 bits per heavy atom. The highest BCUT2D eigenvalue weighted by Crippen LogP contribution is 1.95. The van der Waals surface area contributed by atoms with Crippen LogP contribution in [0.5, 0.6) is 0 Å². The molecule has 0 heterocycles. The lowest BCUT2D eigenvalue weighted by atomic mass is 10.3. The van der Waals surface area contributed by atoms with Gasteiger partial charge in [0.15, 0.2) is 17.7 Å². The third-order valence-electron chi connectivity index (χ3n) is 3.33. The van der Waals surface area contributed by atoms with Gasteiger partial charge in [-0.05, 0) is 26.1 Å². The number of carbonyl (C=O) groups is 3. The molecule has 3 N–H and O–H groups in total. The Morgan fingerprint density at radius 1 is 0.818 bits per heavy atom. The highest BCUT2D eigenvalue weighted by atomic mass is 27.2. The number of nitrogens with zero attached hydrogens (tertiary/aromatic N) is 1. The Balaban J connectivity index is 4.29. The summed E-state index contributed by atoms with van der Waals surface area (Å²) in [5.41, 5.74) is 0. The van der Waals surface area contributed by atoms with Gasteiger partial charge >= 0.3 is 14.8 Å². The van der Waals surface area contributed by atoms with Crippen molar-refractivity contribution in [2.75, 3.05) is 19.6 Å². The van der Waals surface area contributed by atoms with Crippen LogP contribution < -0.4 is 12.9 Å². The molecule has 0 bridgehead atoms. The largest absolute Gasteiger partial charge is 0.740 e. The standard InChI is InChI=1S/C8H18N2O.2C3H7NO.Al/c1-3-10(4-2)7-5-6-8(9)11;2*1-2-3(4)5;/h3-7H2,1-2H3,(H2,9,11);2*2H2,1H3,(H2,4,5);/q;;;+3/p-3. The molecule has 7 nitrogen and oxygen atoms in total. The van der Waals surface area contributed by atoms with E-state index in [2.05, 4.69) is 31.6 Å². The zero-order valence-electron chi connectivity index (χ0n) is 14.2. The molecule has 0 aliphatic heterocycles. The number of hydrogen-bond donors (Lipinski definition) is 3. The topological polar surface area (TPSA) is 90.5 Å². The van der Waals surface area contributed by atoms with Crippen LogP contribution in [0.2, 0.25) is 0 Å². The lowest BCUT2D eigenvalue weighted by molar-refractivity contribution is -0.120. The molecule has 0 spiro atoms. The van der Waals surface area contributed by atoms with Gasteiger partial charge < -0.3 is 17.8 Å². The van der Waals surface area contributed by atoms with Gasteiger partial charge in [-0.15, -0.1) is 0 Å². The van der Waals surface area contributed by atoms with Crippen molar-refractivity contribution in [3.8, 4) is 0 Å². The van der Waals surface area contributed by atoms with Gasteiger partial charge in [-0.1, -0.05) is 27.7 Å². The van der Waals surface area contributed by atoms with Crippen molar-refractivity contribution >= 4 is 32.5 Å². The van der Waals surface area contributed by atoms with Gasteiger partial charge in [0.1, 0.15) is 0 Å². The fourth-order valence-corrected chi connectivity index (χ4v) is 3.61. The molecule has 22 heavy (non-hydrogen) atoms. The van der Waals surface area contributed by atoms with Crippen molar-refractivity contribution in [1.82, 2.24) is 17.8 Å². The zero-order chi connectivity index (χ0) is 17.0. The van der Waals surface area contributed by atoms with E-state index >= 15 is 0 Å². The van der Waals surface area contributed by atoms with Crippen molar-refractivity contribution in [2.45, 2.75) is 53.4 Å². The Labute approximate surface area is 138 Å². The highest BCUT2D eigenvalue weighted by Gasteiger charge is 2.29. The van der Waals surface area contributed by atoms with Crippen LogP contribution in [0.4, 0.5) is 0 Å². The molecule has 3 amide bonds. The summed E-state index contributed by atoms with van der Waals surface area (Å²) in [6.45, 7) is 10.4. The third-order valence-corrected chi connectivity index (χ3v) is 5.16. The summed E-state index contributed by atoms with van der Waals surface area (Å²) < 4.78 is 8.19. The summed E-state index contributed by atoms with van der Waals surface area (Å²) >= 11 is -2.34. The molecule has 0 rings (SSSR count). The predicted molar refractivity (Wildman–Crippen MR) is 87.8 cm³/mol. The number of rotatable bonds is 11. The predicted octanol–water partition coefficient (Wildman–Crippen LogP) is 0.262. The minimum Gasteiger partial charge on any atom is -0.409 e. The first kappa shape index (κ1) is 20.9. The third kappa shape index (κ3) is 9.77. The minimum absolute atomic E-state index is 0.128. The van der Waals surface area contributed by atoms with E-state index in [4.69, 9.17) is 0 Å². The zero-order valence-corrected chi connectivity index (χ0v) is 15.4. The van der Waals surface area contributed by atoms with E-state index in [1.807, 2.05) is 0 Å². The molecular weight excluding hydrogens is 299 g/mol. The van der Waals surface area contributed by atoms with E-state index in [1.54, 1.807) is 13.8 Å². The van der Waals surface area contributed by atoms with Gasteiger partial charge in [0.05, 0.1) is 0 Å². The molecule has 0 aromatic heterocycles. The summed E-state index contributed by atoms with van der Waals surface area (Å²) in [6.07, 6.45) is 1.80. The van der Waals surface area contributed by atoms with Crippen LogP contribution in [0.3, 0.4) is 0 Å². The Kier molecular flexibility index (Phi) is 11.8. The Hall–Kier alpha value is -1.10. The summed E-state index contributed by atoms with van der Waals surface area (Å²) in [4.78, 5) is 37.1. The molecule has 0 atom stereocenters. The van der Waals surface area contributed by atoms with E-state index in [1.165, 1.54) is 0 Å². The average molecular weight is 328 g/mol. The summed E-state index contributed by atoms with van der Waals surface area (Å²) in [6, 6.07) is 0. The van der Waals surface area contributed by atoms with Gasteiger partial charge in [-0.25, -0.2) is 0 Å². The van der Waals surface area contributed by atoms with Crippen LogP contribution in [-0.4, -0.2) is 57.1 Å². The molecule has 126 valence electrons. The maximum Gasteiger partial charge on any atom is 0.740 e. The van der Waals surface area contributed by atoms with Gasteiger partial charge in [-0.2, -0.15) is 0 Å². The fourth-order valence-electron chi connectivity index (χ4n) is 1.87. The molecule has 0 unspecified atom stereocenters. The molecule has 8 heteroatoms. The monoisotopic (exact) mass is 328 g/mol. The van der Waals surface area contributed by atoms with Crippen molar-refractivity contribution < 1.29 is 14.4 Å². The molecule has 0 fully saturated rings. The van der Waals surface area contributed by atoms with E-state index in [0.29, 0.717) is 19.3 Å². The minimum atomic E-state index is -2.34. The van der Waals surface area contributed by atoms with E-state index in [-0.39, 0.29) is 17.7 Å². The lowest BCUT2D eigenvalue weighted by Gasteiger charge is -2.18. The Morgan fingerprint density at radius 3 is 1.68 bits per heavy atom. The normalized spacial score (nSPS) is 10.2. The van der Waals surface area contributed by atoms with Crippen molar-refractivity contribution in [1.29, 1.82) is 0 Å². The van der Waals surface area contributed by atoms with Gasteiger partial charge in [0.2, 0.25) is 0 Å². The number of amides is 3.